The van der Waals surface area contributed by atoms with Crippen LogP contribution in [-0.4, -0.2) is 16.0 Å². The van der Waals surface area contributed by atoms with E-state index in [2.05, 4.69) is 11.8 Å². The molecule has 2 aliphatic rings. The fourth-order valence-electron chi connectivity index (χ4n) is 2.72. The number of carbonyl (C=O) groups is 2. The van der Waals surface area contributed by atoms with Gasteiger partial charge in [-0.15, -0.1) is 6.42 Å². The summed E-state index contributed by atoms with van der Waals surface area (Å²) in [7, 11) is 0. The zero-order chi connectivity index (χ0) is 21.9. The van der Waals surface area contributed by atoms with Crippen LogP contribution in [0, 0.1) is 58.2 Å². The molecule has 0 heterocycles. The number of ketones is 2. The normalized spacial score (nSPS) is 24.8. The Hall–Kier alpha value is -2.91. The van der Waals surface area contributed by atoms with Crippen LogP contribution < -0.4 is 25.4 Å². The number of rotatable bonds is 5. The molecule has 148 valence electrons. The van der Waals surface area contributed by atoms with E-state index in [1.54, 1.807) is 24.3 Å². The summed E-state index contributed by atoms with van der Waals surface area (Å²) in [4.78, 5) is 22.4. The summed E-state index contributed by atoms with van der Waals surface area (Å²) in [6.45, 7) is 1.92. The van der Waals surface area contributed by atoms with E-state index >= 15 is 0 Å². The van der Waals surface area contributed by atoms with Gasteiger partial charge in [0.05, 0.1) is 11.0 Å². The number of halogens is 1. The summed E-state index contributed by atoms with van der Waals surface area (Å²) in [6.07, 6.45) is 22.5. The van der Waals surface area contributed by atoms with Gasteiger partial charge < -0.3 is 0 Å². The molecule has 0 saturated heterocycles. The molecule has 2 rings (SSSR count). The zero-order valence-electron chi connectivity index (χ0n) is 16.1. The molecule has 5 nitrogen and oxygen atoms in total. The van der Waals surface area contributed by atoms with Gasteiger partial charge in [0.15, 0.2) is 5.78 Å². The fourth-order valence-corrected chi connectivity index (χ4v) is 3.54. The fraction of sp³-hybridized carbons (Fsp3) is 0.304. The van der Waals surface area contributed by atoms with Crippen molar-refractivity contribution < 1.29 is 31.1 Å². The first-order chi connectivity index (χ1) is 13.8. The van der Waals surface area contributed by atoms with Gasteiger partial charge in [-0.1, -0.05) is 18.9 Å². The minimum absolute atomic E-state index is 0.141. The van der Waals surface area contributed by atoms with Crippen molar-refractivity contribution in [2.45, 2.75) is 26.2 Å². The van der Waals surface area contributed by atoms with Crippen LogP contribution in [-0.2, 0) is 9.59 Å². The van der Waals surface area contributed by atoms with E-state index in [9.17, 15) is 9.59 Å². The summed E-state index contributed by atoms with van der Waals surface area (Å²) in [6, 6.07) is 3.72. The monoisotopic (exact) mass is 498 g/mol. The second-order valence-electron chi connectivity index (χ2n) is 6.40. The maximum absolute atomic E-state index is 11.3. The quantitative estimate of drug-likeness (QED) is 0.182. The number of hydrogen-bond donors (Lipinski definition) is 1. The van der Waals surface area contributed by atoms with Crippen LogP contribution in [0.4, 0.5) is 0 Å². The van der Waals surface area contributed by atoms with E-state index in [0.29, 0.717) is 6.42 Å². The molecule has 0 amide bonds. The molecule has 2 atom stereocenters. The van der Waals surface area contributed by atoms with Crippen LogP contribution >= 0.6 is 0 Å². The summed E-state index contributed by atoms with van der Waals surface area (Å²) >= 11 is -0.219. The van der Waals surface area contributed by atoms with Crippen molar-refractivity contribution in [2.24, 2.45) is 14.8 Å². The predicted octanol–water partition coefficient (Wildman–Crippen LogP) is -0.457. The number of nitriles is 2. The topological polar surface area (TPSA) is 108 Å². The zero-order valence-corrected chi connectivity index (χ0v) is 18.3. The third kappa shape index (κ3) is 6.30. The van der Waals surface area contributed by atoms with Crippen LogP contribution in [0.1, 0.15) is 26.2 Å². The van der Waals surface area contributed by atoms with Gasteiger partial charge in [0, 0.05) is 0 Å². The molecule has 29 heavy (non-hydrogen) atoms. The van der Waals surface area contributed by atoms with Crippen LogP contribution in [0.2, 0.25) is 0 Å². The van der Waals surface area contributed by atoms with Crippen molar-refractivity contribution >= 4 is 11.6 Å². The number of allylic oxidation sites excluding steroid dienone is 8. The second-order valence-corrected chi connectivity index (χ2v) is 8.36. The first-order valence-electron chi connectivity index (χ1n) is 8.81. The number of nitrogens with two attached hydrogens (primary N) is 1. The third-order valence-electron chi connectivity index (χ3n) is 4.60. The number of alkyl halides is 1. The summed E-state index contributed by atoms with van der Waals surface area (Å²) in [5.74, 6) is 4.73. The van der Waals surface area contributed by atoms with Gasteiger partial charge in [0.25, 0.3) is 0 Å². The molecule has 0 aromatic carbocycles. The summed E-state index contributed by atoms with van der Waals surface area (Å²) < 4.78 is 6.52. The van der Waals surface area contributed by atoms with E-state index in [1.807, 2.05) is 19.1 Å². The van der Waals surface area contributed by atoms with E-state index in [1.165, 1.54) is 12.2 Å². The molecule has 0 aliphatic heterocycles. The Labute approximate surface area is 182 Å². The van der Waals surface area contributed by atoms with Gasteiger partial charge in [0.2, 0.25) is 0 Å². The van der Waals surface area contributed by atoms with E-state index in [-0.39, 0.29) is 44.2 Å². The van der Waals surface area contributed by atoms with Crippen molar-refractivity contribution in [3.63, 3.8) is 0 Å². The first kappa shape index (κ1) is 24.1. The molecule has 0 bridgehead atoms. The molecule has 6 heteroatoms. The van der Waals surface area contributed by atoms with Crippen molar-refractivity contribution in [2.75, 3.05) is 4.43 Å². The van der Waals surface area contributed by atoms with Crippen molar-refractivity contribution in [1.29, 1.82) is 10.5 Å². The number of carbonyl (C=O) groups excluding carboxylic acids is 2. The number of terminal acetylenes is 2. The van der Waals surface area contributed by atoms with Gasteiger partial charge in [-0.3, -0.25) is 4.79 Å². The molecule has 0 saturated carbocycles. The van der Waals surface area contributed by atoms with E-state index in [0.717, 1.165) is 17.3 Å². The molecule has 2 aliphatic carbocycles. The Bertz CT molecular complexity index is 960. The molecule has 0 fully saturated rings. The van der Waals surface area contributed by atoms with Crippen LogP contribution in [0.3, 0.4) is 0 Å². The van der Waals surface area contributed by atoms with E-state index < -0.39 is 10.8 Å². The minimum atomic E-state index is -0.572. The van der Waals surface area contributed by atoms with Gasteiger partial charge in [-0.05, 0) is 18.6 Å². The summed E-state index contributed by atoms with van der Waals surface area (Å²) in [5.41, 5.74) is -0.832. The first-order valence-corrected chi connectivity index (χ1v) is 11.6. The molecular formula is C23H21IN3O2-. The predicted molar refractivity (Wildman–Crippen MR) is 107 cm³/mol. The molecule has 2 unspecified atom stereocenters. The second kappa shape index (κ2) is 11.2. The van der Waals surface area contributed by atoms with Crippen LogP contribution in [0.15, 0.2) is 47.6 Å². The van der Waals surface area contributed by atoms with E-state index in [4.69, 9.17) is 27.3 Å². The Balaban J connectivity index is 0.000000296. The Kier molecular flexibility index (Phi) is 9.30. The van der Waals surface area contributed by atoms with Gasteiger partial charge in [-0.2, -0.15) is 5.26 Å². The van der Waals surface area contributed by atoms with Crippen molar-refractivity contribution in [3.8, 4) is 36.8 Å². The summed E-state index contributed by atoms with van der Waals surface area (Å²) in [5, 5.41) is 17.4. The molecule has 0 aromatic heterocycles. The molecule has 0 spiro atoms. The molecular weight excluding hydrogens is 477 g/mol. The maximum atomic E-state index is 11.3. The number of hydrogen-bond acceptors (Lipinski definition) is 5. The average molecular weight is 498 g/mol. The molecule has 0 aromatic rings. The average Bonchev–Trinajstić information content (AvgIpc) is 2.76. The SMILES string of the molecule is C#CC1(CC)C=CC(=O)C(C#N)=C1.C#CC1(CCC[I-]N)C=CC(=O)C(C#N)=C1. The Morgan fingerprint density at radius 3 is 1.90 bits per heavy atom. The van der Waals surface area contributed by atoms with Gasteiger partial charge in [0.1, 0.15) is 6.07 Å². The van der Waals surface area contributed by atoms with Crippen molar-refractivity contribution in [3.05, 3.63) is 47.6 Å². The van der Waals surface area contributed by atoms with Gasteiger partial charge >= 0.3 is 106 Å². The standard InChI is InChI=1S/C12H12IN2O.C11H9NO/c1-2-12(5-3-7-13-15)6-4-11(16)10(8-12)9-14;1-3-11(4-2)6-5-10(13)9(7-11)8-12/h1,4,6,8H,3,5,7,15H2;1,5-7H,4H2,2H3/q-1;. The van der Waals surface area contributed by atoms with Crippen LogP contribution in [0.5, 0.6) is 0 Å². The third-order valence-corrected chi connectivity index (χ3v) is 5.98. The molecule has 2 N–H and O–H groups in total. The van der Waals surface area contributed by atoms with Crippen LogP contribution in [0.25, 0.3) is 0 Å². The van der Waals surface area contributed by atoms with Gasteiger partial charge in [-0.25, -0.2) is 0 Å². The van der Waals surface area contributed by atoms with Crippen molar-refractivity contribution in [1.82, 2.24) is 0 Å². The number of nitrogens with zero attached hydrogens (tertiary/aromatic N) is 2. The molecule has 0 radical (unpaired) electrons. The Morgan fingerprint density at radius 2 is 1.48 bits per heavy atom. The Morgan fingerprint density at radius 1 is 1.00 bits per heavy atom.